The monoisotopic (exact) mass is 449 g/mol. The maximum Gasteiger partial charge on any atom is 0.354 e. The average Bonchev–Trinajstić information content (AvgIpc) is 3.39. The Bertz CT molecular complexity index is 1080. The second-order valence-corrected chi connectivity index (χ2v) is 8.44. The van der Waals surface area contributed by atoms with Gasteiger partial charge in [-0.1, -0.05) is 20.8 Å². The van der Waals surface area contributed by atoms with Gasteiger partial charge in [-0.25, -0.2) is 9.79 Å². The highest BCUT2D eigenvalue weighted by Crippen LogP contribution is 2.26. The minimum Gasteiger partial charge on any atom is -0.477 e. The first-order valence-electron chi connectivity index (χ1n) is 11.6. The van der Waals surface area contributed by atoms with Crippen LogP contribution in [0.15, 0.2) is 47.1 Å². The number of allylic oxidation sites excluding steroid dienone is 1. The Hall–Kier alpha value is -3.03. The first-order valence-corrected chi connectivity index (χ1v) is 11.6. The number of hydrogen-bond donors (Lipinski definition) is 1. The number of pyridine rings is 1. The zero-order valence-corrected chi connectivity index (χ0v) is 20.4. The fourth-order valence-corrected chi connectivity index (χ4v) is 4.06. The van der Waals surface area contributed by atoms with E-state index in [1.165, 1.54) is 6.08 Å². The fraction of sp³-hybridized carbons (Fsp3) is 0.423. The maximum absolute atomic E-state index is 11.1. The van der Waals surface area contributed by atoms with Crippen LogP contribution in [0.2, 0.25) is 0 Å². The molecule has 0 fully saturated rings. The van der Waals surface area contributed by atoms with Crippen molar-refractivity contribution in [2.24, 2.45) is 12.0 Å². The number of carboxylic acids is 1. The molecular formula is C26H35N5O2. The fourth-order valence-electron chi connectivity index (χ4n) is 4.06. The zero-order chi connectivity index (χ0) is 24.0. The van der Waals surface area contributed by atoms with Crippen LogP contribution >= 0.6 is 0 Å². The Morgan fingerprint density at radius 1 is 1.09 bits per heavy atom. The van der Waals surface area contributed by atoms with E-state index in [4.69, 9.17) is 10.1 Å². The van der Waals surface area contributed by atoms with Crippen molar-refractivity contribution in [1.82, 2.24) is 19.4 Å². The number of rotatable bonds is 11. The highest BCUT2D eigenvalue weighted by molar-refractivity contribution is 6.41. The van der Waals surface area contributed by atoms with Gasteiger partial charge in [0.1, 0.15) is 5.71 Å². The van der Waals surface area contributed by atoms with Crippen molar-refractivity contribution in [2.45, 2.75) is 40.3 Å². The summed E-state index contributed by atoms with van der Waals surface area (Å²) in [5, 5.41) is 9.12. The van der Waals surface area contributed by atoms with Crippen molar-refractivity contribution in [3.8, 4) is 11.3 Å². The Balaban J connectivity index is 1.96. The van der Waals surface area contributed by atoms with Crippen LogP contribution in [-0.4, -0.2) is 62.8 Å². The smallest absolute Gasteiger partial charge is 0.354 e. The van der Waals surface area contributed by atoms with E-state index in [-0.39, 0.29) is 5.71 Å². The van der Waals surface area contributed by atoms with Crippen LogP contribution in [0.4, 0.5) is 0 Å². The van der Waals surface area contributed by atoms with E-state index < -0.39 is 5.97 Å². The van der Waals surface area contributed by atoms with Crippen molar-refractivity contribution >= 4 is 17.8 Å². The number of carboxylic acid groups (broad SMARTS) is 1. The molecule has 0 radical (unpaired) electrons. The van der Waals surface area contributed by atoms with Crippen molar-refractivity contribution in [1.29, 1.82) is 0 Å². The molecule has 0 atom stereocenters. The number of hydrogen-bond acceptors (Lipinski definition) is 5. The number of aliphatic imine (C=N–C) groups is 1. The van der Waals surface area contributed by atoms with Gasteiger partial charge in [-0.3, -0.25) is 9.88 Å². The largest absolute Gasteiger partial charge is 0.477 e. The highest BCUT2D eigenvalue weighted by Gasteiger charge is 2.14. The summed E-state index contributed by atoms with van der Waals surface area (Å²) in [6.07, 6.45) is 6.27. The molecule has 0 aromatic carbocycles. The van der Waals surface area contributed by atoms with Crippen molar-refractivity contribution in [3.05, 3.63) is 59.2 Å². The molecule has 2 aromatic heterocycles. The second-order valence-electron chi connectivity index (χ2n) is 8.44. The quantitative estimate of drug-likeness (QED) is 0.556. The number of aliphatic carboxylic acids is 1. The van der Waals surface area contributed by atoms with Crippen LogP contribution in [0.5, 0.6) is 0 Å². The molecular weight excluding hydrogens is 414 g/mol. The van der Waals surface area contributed by atoms with Gasteiger partial charge in [-0.15, -0.1) is 0 Å². The van der Waals surface area contributed by atoms with Crippen molar-refractivity contribution < 1.29 is 9.90 Å². The van der Waals surface area contributed by atoms with Gasteiger partial charge in [0.15, 0.2) is 0 Å². The minimum atomic E-state index is -1.01. The molecule has 2 aromatic rings. The van der Waals surface area contributed by atoms with Crippen molar-refractivity contribution in [3.63, 3.8) is 0 Å². The summed E-state index contributed by atoms with van der Waals surface area (Å²) in [4.78, 5) is 24.9. The topological polar surface area (TPSA) is 74.0 Å². The van der Waals surface area contributed by atoms with Crippen LogP contribution in [0, 0.1) is 0 Å². The molecule has 0 spiro atoms. The predicted molar refractivity (Wildman–Crippen MR) is 134 cm³/mol. The molecule has 0 unspecified atom stereocenters. The summed E-state index contributed by atoms with van der Waals surface area (Å²) in [6, 6.07) is 8.51. The van der Waals surface area contributed by atoms with E-state index in [0.29, 0.717) is 5.70 Å². The molecule has 0 bridgehead atoms. The molecule has 0 amide bonds. The van der Waals surface area contributed by atoms with Crippen molar-refractivity contribution in [2.75, 3.05) is 26.7 Å². The molecule has 1 N–H and O–H groups in total. The first-order chi connectivity index (χ1) is 15.8. The predicted octanol–water partition coefficient (Wildman–Crippen LogP) is 4.21. The van der Waals surface area contributed by atoms with Gasteiger partial charge in [0.25, 0.3) is 0 Å². The summed E-state index contributed by atoms with van der Waals surface area (Å²) in [6.45, 7) is 11.2. The summed E-state index contributed by atoms with van der Waals surface area (Å²) in [5.74, 6) is -1.01. The Morgan fingerprint density at radius 2 is 1.79 bits per heavy atom. The Labute approximate surface area is 196 Å². The highest BCUT2D eigenvalue weighted by atomic mass is 16.4. The van der Waals surface area contributed by atoms with E-state index in [1.807, 2.05) is 19.2 Å². The zero-order valence-electron chi connectivity index (χ0n) is 20.4. The molecule has 7 heteroatoms. The second kappa shape index (κ2) is 11.2. The van der Waals surface area contributed by atoms with Crippen LogP contribution in [0.1, 0.15) is 44.3 Å². The van der Waals surface area contributed by atoms with Gasteiger partial charge >= 0.3 is 5.97 Å². The van der Waals surface area contributed by atoms with E-state index in [0.717, 1.165) is 67.5 Å². The van der Waals surface area contributed by atoms with E-state index in [1.54, 1.807) is 6.08 Å². The normalized spacial score (nSPS) is 14.6. The number of aromatic nitrogens is 2. The van der Waals surface area contributed by atoms with Gasteiger partial charge in [-0.05, 0) is 75.6 Å². The van der Waals surface area contributed by atoms with Gasteiger partial charge in [0.05, 0.1) is 17.1 Å². The summed E-state index contributed by atoms with van der Waals surface area (Å²) in [5.41, 5.74) is 6.04. The van der Waals surface area contributed by atoms with E-state index >= 15 is 0 Å². The summed E-state index contributed by atoms with van der Waals surface area (Å²) >= 11 is 0. The van der Waals surface area contributed by atoms with Crippen LogP contribution in [0.3, 0.4) is 0 Å². The molecule has 176 valence electrons. The molecule has 3 heterocycles. The third-order valence-corrected chi connectivity index (χ3v) is 5.88. The molecule has 3 rings (SSSR count). The molecule has 7 nitrogen and oxygen atoms in total. The molecule has 1 aliphatic rings. The molecule has 0 saturated carbocycles. The maximum atomic E-state index is 11.1. The van der Waals surface area contributed by atoms with Crippen LogP contribution < -0.4 is 0 Å². The Morgan fingerprint density at radius 3 is 2.39 bits per heavy atom. The van der Waals surface area contributed by atoms with Gasteiger partial charge in [0.2, 0.25) is 0 Å². The summed E-state index contributed by atoms with van der Waals surface area (Å²) < 4.78 is 2.12. The third-order valence-electron chi connectivity index (χ3n) is 5.88. The number of nitrogens with zero attached hydrogens (tertiary/aromatic N) is 5. The lowest BCUT2D eigenvalue weighted by Crippen LogP contribution is -2.24. The van der Waals surface area contributed by atoms with E-state index in [2.05, 4.69) is 65.4 Å². The Kier molecular flexibility index (Phi) is 8.36. The van der Waals surface area contributed by atoms with Crippen LogP contribution in [0.25, 0.3) is 17.3 Å². The number of carbonyl (C=O) groups is 1. The minimum absolute atomic E-state index is 0.0618. The molecule has 1 aliphatic heterocycles. The molecule has 0 aliphatic carbocycles. The molecule has 0 saturated heterocycles. The first kappa shape index (κ1) is 24.6. The lowest BCUT2D eigenvalue weighted by atomic mass is 10.1. The van der Waals surface area contributed by atoms with Gasteiger partial charge < -0.3 is 14.6 Å². The molecule has 33 heavy (non-hydrogen) atoms. The standard InChI is InChI=1S/C26H35N5O2/c1-6-13-29(4)17-21-14-19(15-22(27-21)18-31(7-2)8-3)25-12-10-23(30(25)5)16-20-9-11-24(28-20)26(32)33/h9-12,14-16H,6-8,13,17-18H2,1-5H3,(H,32,33)/b20-16-. The van der Waals surface area contributed by atoms with Gasteiger partial charge in [0, 0.05) is 37.1 Å². The van der Waals surface area contributed by atoms with E-state index in [9.17, 15) is 4.79 Å². The van der Waals surface area contributed by atoms with Gasteiger partial charge in [-0.2, -0.15) is 0 Å². The average molecular weight is 450 g/mol. The SMILES string of the molecule is CCCN(C)Cc1cc(-c2ccc(/C=C3/C=CC(C(=O)O)=N3)n2C)cc(CN(CC)CC)n1. The van der Waals surface area contributed by atoms with Crippen LogP contribution in [-0.2, 0) is 24.9 Å². The lowest BCUT2D eigenvalue weighted by molar-refractivity contribution is -0.129. The third kappa shape index (κ3) is 6.27. The lowest BCUT2D eigenvalue weighted by Gasteiger charge is -2.20. The summed E-state index contributed by atoms with van der Waals surface area (Å²) in [7, 11) is 4.16.